The Kier molecular flexibility index (Phi) is 6.01. The first kappa shape index (κ1) is 20.0. The number of hydrogen-bond donors (Lipinski definition) is 2. The highest BCUT2D eigenvalue weighted by atomic mass is 16.5. The standard InChI is InChI=1S/C20H33N5O2/c1-13-23-17(20(2,3)21)12-18(24-13)25-15-8-6-5-7-14(15)11-16(25)19(26)22-9-10-27-4/h12,14-16H,5-11,21H2,1-4H3,(H,22,26)/t14-,15-,16-/m0/s1. The topological polar surface area (TPSA) is 93.4 Å². The Hall–Kier alpha value is -1.73. The van der Waals surface area contributed by atoms with Crippen LogP contribution in [0.2, 0.25) is 0 Å². The van der Waals surface area contributed by atoms with Crippen LogP contribution < -0.4 is 16.0 Å². The van der Waals surface area contributed by atoms with E-state index in [1.165, 1.54) is 19.3 Å². The molecular weight excluding hydrogens is 342 g/mol. The van der Waals surface area contributed by atoms with Gasteiger partial charge in [0.15, 0.2) is 0 Å². The maximum Gasteiger partial charge on any atom is 0.242 e. The normalized spacial score (nSPS) is 25.4. The Morgan fingerprint density at radius 1 is 1.37 bits per heavy atom. The molecule has 0 spiro atoms. The first-order valence-electron chi connectivity index (χ1n) is 10.0. The van der Waals surface area contributed by atoms with E-state index < -0.39 is 5.54 Å². The molecule has 2 aliphatic rings. The average Bonchev–Trinajstić information content (AvgIpc) is 3.00. The fourth-order valence-corrected chi connectivity index (χ4v) is 4.43. The summed E-state index contributed by atoms with van der Waals surface area (Å²) in [4.78, 5) is 24.4. The van der Waals surface area contributed by atoms with Crippen molar-refractivity contribution in [3.05, 3.63) is 17.6 Å². The lowest BCUT2D eigenvalue weighted by atomic mass is 9.84. The van der Waals surface area contributed by atoms with Crippen molar-refractivity contribution in [2.24, 2.45) is 11.7 Å². The molecule has 2 heterocycles. The fraction of sp³-hybridized carbons (Fsp3) is 0.750. The summed E-state index contributed by atoms with van der Waals surface area (Å²) in [5.41, 5.74) is 6.56. The van der Waals surface area contributed by atoms with E-state index in [4.69, 9.17) is 15.5 Å². The number of amides is 1. The lowest BCUT2D eigenvalue weighted by Gasteiger charge is -2.35. The molecule has 27 heavy (non-hydrogen) atoms. The predicted octanol–water partition coefficient (Wildman–Crippen LogP) is 1.88. The second-order valence-corrected chi connectivity index (χ2v) is 8.43. The molecular formula is C20H33N5O2. The average molecular weight is 376 g/mol. The minimum atomic E-state index is -0.551. The van der Waals surface area contributed by atoms with Crippen molar-refractivity contribution in [3.8, 4) is 0 Å². The number of nitrogens with one attached hydrogen (secondary N) is 1. The molecule has 3 atom stereocenters. The smallest absolute Gasteiger partial charge is 0.242 e. The zero-order valence-electron chi connectivity index (χ0n) is 17.0. The van der Waals surface area contributed by atoms with Crippen LogP contribution in [0.5, 0.6) is 0 Å². The number of ether oxygens (including phenoxy) is 1. The Morgan fingerprint density at radius 2 is 2.11 bits per heavy atom. The first-order valence-corrected chi connectivity index (χ1v) is 10.0. The molecule has 1 aromatic rings. The number of aromatic nitrogens is 2. The molecule has 0 bridgehead atoms. The van der Waals surface area contributed by atoms with Gasteiger partial charge in [0.2, 0.25) is 5.91 Å². The van der Waals surface area contributed by atoms with Crippen LogP contribution in [0.4, 0.5) is 5.82 Å². The van der Waals surface area contributed by atoms with Crippen LogP contribution >= 0.6 is 0 Å². The van der Waals surface area contributed by atoms with Crippen LogP contribution in [0.25, 0.3) is 0 Å². The van der Waals surface area contributed by atoms with Crippen LogP contribution in [0.3, 0.4) is 0 Å². The predicted molar refractivity (Wildman–Crippen MR) is 105 cm³/mol. The Balaban J connectivity index is 1.93. The molecule has 3 rings (SSSR count). The van der Waals surface area contributed by atoms with E-state index in [1.807, 2.05) is 26.8 Å². The fourth-order valence-electron chi connectivity index (χ4n) is 4.43. The third kappa shape index (κ3) is 4.41. The second-order valence-electron chi connectivity index (χ2n) is 8.43. The first-order chi connectivity index (χ1) is 12.8. The molecule has 7 nitrogen and oxygen atoms in total. The summed E-state index contributed by atoms with van der Waals surface area (Å²) in [6.45, 7) is 6.82. The SMILES string of the molecule is COCCNC(=O)[C@@H]1C[C@@H]2CCCC[C@@H]2N1c1cc(C(C)(C)N)nc(C)n1. The van der Waals surface area contributed by atoms with Gasteiger partial charge in [0.25, 0.3) is 0 Å². The van der Waals surface area contributed by atoms with E-state index in [9.17, 15) is 4.79 Å². The third-order valence-corrected chi connectivity index (χ3v) is 5.75. The largest absolute Gasteiger partial charge is 0.383 e. The van der Waals surface area contributed by atoms with Gasteiger partial charge in [0.1, 0.15) is 17.7 Å². The van der Waals surface area contributed by atoms with Crippen molar-refractivity contribution < 1.29 is 9.53 Å². The van der Waals surface area contributed by atoms with Gasteiger partial charge in [-0.3, -0.25) is 4.79 Å². The summed E-state index contributed by atoms with van der Waals surface area (Å²) in [5, 5.41) is 3.02. The number of fused-ring (bicyclic) bond motifs is 1. The molecule has 0 unspecified atom stereocenters. The van der Waals surface area contributed by atoms with E-state index in [0.29, 0.717) is 30.9 Å². The van der Waals surface area contributed by atoms with Crippen LogP contribution in [0.15, 0.2) is 6.07 Å². The number of nitrogens with two attached hydrogens (primary N) is 1. The number of nitrogens with zero attached hydrogens (tertiary/aromatic N) is 3. The van der Waals surface area contributed by atoms with E-state index in [0.717, 1.165) is 24.4 Å². The van der Waals surface area contributed by atoms with Gasteiger partial charge in [-0.1, -0.05) is 12.8 Å². The molecule has 150 valence electrons. The number of hydrogen-bond acceptors (Lipinski definition) is 6. The van der Waals surface area contributed by atoms with Gasteiger partial charge in [-0.05, 0) is 46.0 Å². The maximum atomic E-state index is 12.9. The highest BCUT2D eigenvalue weighted by Crippen LogP contribution is 2.42. The van der Waals surface area contributed by atoms with E-state index in [1.54, 1.807) is 7.11 Å². The van der Waals surface area contributed by atoms with Crippen molar-refractivity contribution >= 4 is 11.7 Å². The molecule has 0 radical (unpaired) electrons. The molecule has 7 heteroatoms. The van der Waals surface area contributed by atoms with Crippen molar-refractivity contribution in [1.29, 1.82) is 0 Å². The van der Waals surface area contributed by atoms with Crippen molar-refractivity contribution in [1.82, 2.24) is 15.3 Å². The van der Waals surface area contributed by atoms with Gasteiger partial charge in [-0.2, -0.15) is 0 Å². The molecule has 2 fully saturated rings. The molecule has 0 aromatic carbocycles. The molecule has 1 aliphatic heterocycles. The summed E-state index contributed by atoms with van der Waals surface area (Å²) in [6.07, 6.45) is 5.62. The number of aryl methyl sites for hydroxylation is 1. The summed E-state index contributed by atoms with van der Waals surface area (Å²) < 4.78 is 5.07. The number of carbonyl (C=O) groups is 1. The van der Waals surface area contributed by atoms with Crippen molar-refractivity contribution in [2.75, 3.05) is 25.2 Å². The van der Waals surface area contributed by atoms with Crippen molar-refractivity contribution in [2.45, 2.75) is 70.5 Å². The molecule has 1 aromatic heterocycles. The van der Waals surface area contributed by atoms with E-state index >= 15 is 0 Å². The van der Waals surface area contributed by atoms with E-state index in [2.05, 4.69) is 15.2 Å². The van der Waals surface area contributed by atoms with Gasteiger partial charge in [-0.25, -0.2) is 9.97 Å². The Morgan fingerprint density at radius 3 is 2.81 bits per heavy atom. The number of rotatable bonds is 6. The lowest BCUT2D eigenvalue weighted by Crippen LogP contribution is -2.48. The zero-order chi connectivity index (χ0) is 19.6. The molecule has 1 saturated carbocycles. The molecule has 1 amide bonds. The highest BCUT2D eigenvalue weighted by molar-refractivity contribution is 5.86. The summed E-state index contributed by atoms with van der Waals surface area (Å²) in [5.74, 6) is 2.13. The monoisotopic (exact) mass is 375 g/mol. The highest BCUT2D eigenvalue weighted by Gasteiger charge is 2.46. The molecule has 1 aliphatic carbocycles. The van der Waals surface area contributed by atoms with Crippen LogP contribution in [-0.2, 0) is 15.1 Å². The summed E-state index contributed by atoms with van der Waals surface area (Å²) >= 11 is 0. The number of carbonyl (C=O) groups excluding carboxylic acids is 1. The maximum absolute atomic E-state index is 12.9. The van der Waals surface area contributed by atoms with Gasteiger partial charge in [-0.15, -0.1) is 0 Å². The van der Waals surface area contributed by atoms with Gasteiger partial charge < -0.3 is 20.7 Å². The van der Waals surface area contributed by atoms with Crippen LogP contribution in [0.1, 0.15) is 57.5 Å². The zero-order valence-corrected chi connectivity index (χ0v) is 17.0. The second kappa shape index (κ2) is 8.10. The third-order valence-electron chi connectivity index (χ3n) is 5.75. The van der Waals surface area contributed by atoms with E-state index in [-0.39, 0.29) is 11.9 Å². The van der Waals surface area contributed by atoms with Crippen molar-refractivity contribution in [3.63, 3.8) is 0 Å². The van der Waals surface area contributed by atoms with Gasteiger partial charge in [0.05, 0.1) is 17.8 Å². The minimum absolute atomic E-state index is 0.0614. The van der Waals surface area contributed by atoms with Crippen LogP contribution in [-0.4, -0.2) is 48.2 Å². The summed E-state index contributed by atoms with van der Waals surface area (Å²) in [6, 6.07) is 2.14. The summed E-state index contributed by atoms with van der Waals surface area (Å²) in [7, 11) is 1.64. The number of methoxy groups -OCH3 is 1. The molecule has 1 saturated heterocycles. The lowest BCUT2D eigenvalue weighted by molar-refractivity contribution is -0.122. The van der Waals surface area contributed by atoms with Gasteiger partial charge >= 0.3 is 0 Å². The minimum Gasteiger partial charge on any atom is -0.383 e. The number of anilines is 1. The van der Waals surface area contributed by atoms with Crippen LogP contribution in [0, 0.1) is 12.8 Å². The quantitative estimate of drug-likeness (QED) is 0.738. The molecule has 3 N–H and O–H groups in total. The Labute approximate surface area is 162 Å². The van der Waals surface area contributed by atoms with Gasteiger partial charge in [0, 0.05) is 25.8 Å². The Bertz CT molecular complexity index is 673.